The molecule has 20 heavy (non-hydrogen) atoms. The Morgan fingerprint density at radius 1 is 1.40 bits per heavy atom. The molecule has 0 atom stereocenters. The highest BCUT2D eigenvalue weighted by atomic mass is 32.2. The lowest BCUT2D eigenvalue weighted by Crippen LogP contribution is -2.14. The van der Waals surface area contributed by atoms with E-state index in [0.717, 1.165) is 0 Å². The van der Waals surface area contributed by atoms with E-state index in [4.69, 9.17) is 5.73 Å². The SMILES string of the molecule is Cc1cccc(F)c1NS(=O)(=O)c1cc(CN)n(C)c1. The zero-order valence-corrected chi connectivity index (χ0v) is 12.0. The van der Waals surface area contributed by atoms with Crippen molar-refractivity contribution >= 4 is 15.7 Å². The molecule has 0 saturated carbocycles. The van der Waals surface area contributed by atoms with Crippen molar-refractivity contribution in [3.8, 4) is 0 Å². The summed E-state index contributed by atoms with van der Waals surface area (Å²) in [6.45, 7) is 1.86. The molecule has 0 unspecified atom stereocenters. The van der Waals surface area contributed by atoms with Crippen molar-refractivity contribution in [3.63, 3.8) is 0 Å². The van der Waals surface area contributed by atoms with Gasteiger partial charge in [0.25, 0.3) is 10.0 Å². The quantitative estimate of drug-likeness (QED) is 0.902. The predicted molar refractivity (Wildman–Crippen MR) is 75.2 cm³/mol. The fourth-order valence-electron chi connectivity index (χ4n) is 1.88. The molecule has 0 fully saturated rings. The summed E-state index contributed by atoms with van der Waals surface area (Å²) in [5, 5.41) is 0. The zero-order valence-electron chi connectivity index (χ0n) is 11.2. The van der Waals surface area contributed by atoms with Crippen LogP contribution in [0, 0.1) is 12.7 Å². The van der Waals surface area contributed by atoms with Gasteiger partial charge in [0.15, 0.2) is 0 Å². The fourth-order valence-corrected chi connectivity index (χ4v) is 3.11. The summed E-state index contributed by atoms with van der Waals surface area (Å²) in [6, 6.07) is 5.84. The minimum Gasteiger partial charge on any atom is -0.352 e. The first kappa shape index (κ1) is 14.5. The summed E-state index contributed by atoms with van der Waals surface area (Å²) in [7, 11) is -2.13. The van der Waals surface area contributed by atoms with Crippen LogP contribution in [-0.2, 0) is 23.6 Å². The Morgan fingerprint density at radius 3 is 2.65 bits per heavy atom. The van der Waals surface area contributed by atoms with E-state index in [-0.39, 0.29) is 17.1 Å². The van der Waals surface area contributed by atoms with Crippen molar-refractivity contribution in [3.05, 3.63) is 47.5 Å². The molecule has 0 amide bonds. The van der Waals surface area contributed by atoms with E-state index in [1.807, 2.05) is 0 Å². The van der Waals surface area contributed by atoms with E-state index in [0.29, 0.717) is 11.3 Å². The topological polar surface area (TPSA) is 77.1 Å². The van der Waals surface area contributed by atoms with Crippen LogP contribution >= 0.6 is 0 Å². The first-order valence-electron chi connectivity index (χ1n) is 5.98. The summed E-state index contributed by atoms with van der Waals surface area (Å²) in [5.41, 5.74) is 6.67. The van der Waals surface area contributed by atoms with Crippen LogP contribution in [0.1, 0.15) is 11.3 Å². The molecule has 0 aliphatic carbocycles. The summed E-state index contributed by atoms with van der Waals surface area (Å²) in [4.78, 5) is 0.0584. The summed E-state index contributed by atoms with van der Waals surface area (Å²) in [6.07, 6.45) is 1.45. The minimum absolute atomic E-state index is 0.0364. The van der Waals surface area contributed by atoms with E-state index < -0.39 is 15.8 Å². The average Bonchev–Trinajstić information content (AvgIpc) is 2.76. The molecule has 1 heterocycles. The first-order valence-corrected chi connectivity index (χ1v) is 7.46. The van der Waals surface area contributed by atoms with Crippen molar-refractivity contribution in [2.45, 2.75) is 18.4 Å². The molecule has 0 radical (unpaired) electrons. The number of nitrogens with two attached hydrogens (primary N) is 1. The van der Waals surface area contributed by atoms with Crippen LogP contribution in [0.25, 0.3) is 0 Å². The highest BCUT2D eigenvalue weighted by molar-refractivity contribution is 7.92. The van der Waals surface area contributed by atoms with Gasteiger partial charge in [-0.1, -0.05) is 12.1 Å². The number of nitrogens with zero attached hydrogens (tertiary/aromatic N) is 1. The Morgan fingerprint density at radius 2 is 2.10 bits per heavy atom. The molecule has 0 aliphatic rings. The Kier molecular flexibility index (Phi) is 3.82. The van der Waals surface area contributed by atoms with Gasteiger partial charge >= 0.3 is 0 Å². The number of halogens is 1. The van der Waals surface area contributed by atoms with Gasteiger partial charge < -0.3 is 10.3 Å². The van der Waals surface area contributed by atoms with Gasteiger partial charge in [0.2, 0.25) is 0 Å². The van der Waals surface area contributed by atoms with Crippen LogP contribution in [-0.4, -0.2) is 13.0 Å². The molecule has 0 bridgehead atoms. The van der Waals surface area contributed by atoms with E-state index in [1.165, 1.54) is 24.4 Å². The Bertz CT molecular complexity index is 718. The predicted octanol–water partition coefficient (Wildman–Crippen LogP) is 1.73. The molecule has 2 aromatic rings. The van der Waals surface area contributed by atoms with E-state index in [9.17, 15) is 12.8 Å². The molecule has 3 N–H and O–H groups in total. The lowest BCUT2D eigenvalue weighted by Gasteiger charge is -2.10. The standard InChI is InChI=1S/C13H16FN3O2S/c1-9-4-3-5-12(14)13(9)16-20(18,19)11-6-10(7-15)17(2)8-11/h3-6,8,16H,7,15H2,1-2H3. The van der Waals surface area contributed by atoms with Crippen LogP contribution < -0.4 is 10.5 Å². The minimum atomic E-state index is -3.84. The number of nitrogens with one attached hydrogen (secondary N) is 1. The number of aromatic nitrogens is 1. The third-order valence-corrected chi connectivity index (χ3v) is 4.38. The molecule has 108 valence electrons. The Balaban J connectivity index is 2.41. The second-order valence-electron chi connectivity index (χ2n) is 4.52. The highest BCUT2D eigenvalue weighted by Crippen LogP contribution is 2.23. The molecule has 1 aromatic heterocycles. The number of hydrogen-bond acceptors (Lipinski definition) is 3. The molecule has 0 aliphatic heterocycles. The maximum absolute atomic E-state index is 13.7. The number of aryl methyl sites for hydroxylation is 2. The molecule has 1 aromatic carbocycles. The van der Waals surface area contributed by atoms with Crippen LogP contribution in [0.4, 0.5) is 10.1 Å². The van der Waals surface area contributed by atoms with Crippen molar-refractivity contribution in [1.29, 1.82) is 0 Å². The summed E-state index contributed by atoms with van der Waals surface area (Å²) in [5.74, 6) is -0.608. The van der Waals surface area contributed by atoms with Gasteiger partial charge in [0, 0.05) is 25.5 Å². The van der Waals surface area contributed by atoms with Gasteiger partial charge in [0.05, 0.1) is 5.69 Å². The Hall–Kier alpha value is -1.86. The normalized spacial score (nSPS) is 11.6. The number of para-hydroxylation sites is 1. The smallest absolute Gasteiger partial charge is 0.263 e. The van der Waals surface area contributed by atoms with Crippen molar-refractivity contribution in [2.75, 3.05) is 4.72 Å². The molecular formula is C13H16FN3O2S. The zero-order chi connectivity index (χ0) is 14.9. The number of anilines is 1. The van der Waals surface area contributed by atoms with Gasteiger partial charge in [-0.05, 0) is 24.6 Å². The monoisotopic (exact) mass is 297 g/mol. The van der Waals surface area contributed by atoms with Crippen LogP contribution in [0.2, 0.25) is 0 Å². The fraction of sp³-hybridized carbons (Fsp3) is 0.231. The molecule has 2 rings (SSSR count). The molecule has 7 heteroatoms. The maximum atomic E-state index is 13.7. The third kappa shape index (κ3) is 2.68. The van der Waals surface area contributed by atoms with Crippen molar-refractivity contribution in [1.82, 2.24) is 4.57 Å². The van der Waals surface area contributed by atoms with Gasteiger partial charge in [-0.25, -0.2) is 12.8 Å². The average molecular weight is 297 g/mol. The van der Waals surface area contributed by atoms with Gasteiger partial charge in [0.1, 0.15) is 10.7 Å². The number of rotatable bonds is 4. The van der Waals surface area contributed by atoms with E-state index in [1.54, 1.807) is 24.6 Å². The Labute approximate surface area is 117 Å². The van der Waals surface area contributed by atoms with Gasteiger partial charge in [-0.2, -0.15) is 0 Å². The van der Waals surface area contributed by atoms with Crippen LogP contribution in [0.5, 0.6) is 0 Å². The first-order chi connectivity index (χ1) is 9.35. The van der Waals surface area contributed by atoms with Gasteiger partial charge in [-0.15, -0.1) is 0 Å². The highest BCUT2D eigenvalue weighted by Gasteiger charge is 2.19. The van der Waals surface area contributed by atoms with Crippen LogP contribution in [0.3, 0.4) is 0 Å². The third-order valence-electron chi connectivity index (χ3n) is 3.06. The largest absolute Gasteiger partial charge is 0.352 e. The molecule has 0 spiro atoms. The molecule has 5 nitrogen and oxygen atoms in total. The van der Waals surface area contributed by atoms with Gasteiger partial charge in [-0.3, -0.25) is 4.72 Å². The second-order valence-corrected chi connectivity index (χ2v) is 6.20. The van der Waals surface area contributed by atoms with Crippen molar-refractivity contribution in [2.24, 2.45) is 12.8 Å². The van der Waals surface area contributed by atoms with Crippen molar-refractivity contribution < 1.29 is 12.8 Å². The summed E-state index contributed by atoms with van der Waals surface area (Å²) >= 11 is 0. The number of benzene rings is 1. The maximum Gasteiger partial charge on any atom is 0.263 e. The lowest BCUT2D eigenvalue weighted by atomic mass is 10.2. The molecular weight excluding hydrogens is 281 g/mol. The molecule has 0 saturated heterocycles. The van der Waals surface area contributed by atoms with E-state index >= 15 is 0 Å². The number of sulfonamides is 1. The number of hydrogen-bond donors (Lipinski definition) is 2. The lowest BCUT2D eigenvalue weighted by molar-refractivity contribution is 0.598. The summed E-state index contributed by atoms with van der Waals surface area (Å²) < 4.78 is 42.1. The second kappa shape index (κ2) is 5.26. The van der Waals surface area contributed by atoms with E-state index in [2.05, 4.69) is 4.72 Å². The van der Waals surface area contributed by atoms with Crippen LogP contribution in [0.15, 0.2) is 35.4 Å².